The van der Waals surface area contributed by atoms with Crippen LogP contribution in [0.25, 0.3) is 10.9 Å². The highest BCUT2D eigenvalue weighted by Gasteiger charge is 2.06. The van der Waals surface area contributed by atoms with Gasteiger partial charge in [-0.15, -0.1) is 0 Å². The van der Waals surface area contributed by atoms with Crippen LogP contribution in [0.5, 0.6) is 11.5 Å². The van der Waals surface area contributed by atoms with Gasteiger partial charge in [-0.1, -0.05) is 35.3 Å². The third kappa shape index (κ3) is 4.87. The summed E-state index contributed by atoms with van der Waals surface area (Å²) in [6, 6.07) is 14.2. The summed E-state index contributed by atoms with van der Waals surface area (Å²) in [6.45, 7) is -0.220. The Morgan fingerprint density at radius 1 is 1.22 bits per heavy atom. The van der Waals surface area contributed by atoms with Crippen LogP contribution in [0.2, 0.25) is 10.2 Å². The molecule has 0 atom stereocenters. The molecule has 1 heterocycles. The first-order chi connectivity index (χ1) is 13.1. The van der Waals surface area contributed by atoms with Crippen LogP contribution < -0.4 is 14.9 Å². The maximum absolute atomic E-state index is 11.8. The number of amides is 1. The Balaban J connectivity index is 1.64. The van der Waals surface area contributed by atoms with Crippen molar-refractivity contribution in [3.05, 3.63) is 64.3 Å². The fourth-order valence-corrected chi connectivity index (χ4v) is 2.66. The van der Waals surface area contributed by atoms with Crippen LogP contribution in [-0.4, -0.2) is 30.8 Å². The summed E-state index contributed by atoms with van der Waals surface area (Å²) in [5, 5.41) is 5.44. The summed E-state index contributed by atoms with van der Waals surface area (Å²) in [7, 11) is 1.59. The Kier molecular flexibility index (Phi) is 6.11. The molecular formula is C19H15Cl2N3O3. The third-order valence-corrected chi connectivity index (χ3v) is 4.21. The molecule has 0 radical (unpaired) electrons. The van der Waals surface area contributed by atoms with Crippen LogP contribution in [0.15, 0.2) is 53.6 Å². The van der Waals surface area contributed by atoms with Gasteiger partial charge in [-0.05, 0) is 36.4 Å². The number of carbonyl (C=O) groups excluding carboxylic acids is 1. The molecule has 2 aromatic carbocycles. The number of fused-ring (bicyclic) bond motifs is 1. The molecule has 1 aromatic heterocycles. The van der Waals surface area contributed by atoms with Gasteiger partial charge in [-0.3, -0.25) is 4.79 Å². The van der Waals surface area contributed by atoms with E-state index in [9.17, 15) is 4.79 Å². The average molecular weight is 404 g/mol. The van der Waals surface area contributed by atoms with Gasteiger partial charge in [0.2, 0.25) is 0 Å². The van der Waals surface area contributed by atoms with E-state index in [1.807, 2.05) is 18.2 Å². The summed E-state index contributed by atoms with van der Waals surface area (Å²) < 4.78 is 10.5. The lowest BCUT2D eigenvalue weighted by atomic mass is 10.1. The summed E-state index contributed by atoms with van der Waals surface area (Å²) >= 11 is 12.1. The predicted molar refractivity (Wildman–Crippen MR) is 106 cm³/mol. The Morgan fingerprint density at radius 2 is 2.04 bits per heavy atom. The Bertz CT molecular complexity index is 1010. The molecule has 3 aromatic rings. The summed E-state index contributed by atoms with van der Waals surface area (Å²) in [4.78, 5) is 16.1. The van der Waals surface area contributed by atoms with Crippen LogP contribution >= 0.6 is 23.2 Å². The van der Waals surface area contributed by atoms with Crippen molar-refractivity contribution >= 4 is 46.2 Å². The number of nitrogens with zero attached hydrogens (tertiary/aromatic N) is 2. The van der Waals surface area contributed by atoms with E-state index in [0.717, 1.165) is 10.9 Å². The molecule has 0 fully saturated rings. The number of pyridine rings is 1. The maximum atomic E-state index is 11.8. The van der Waals surface area contributed by atoms with Crippen molar-refractivity contribution in [3.63, 3.8) is 0 Å². The maximum Gasteiger partial charge on any atom is 0.277 e. The zero-order chi connectivity index (χ0) is 19.2. The van der Waals surface area contributed by atoms with Crippen molar-refractivity contribution in [2.75, 3.05) is 13.7 Å². The molecule has 0 spiro atoms. The van der Waals surface area contributed by atoms with Gasteiger partial charge in [-0.2, -0.15) is 5.10 Å². The number of halogens is 2. The lowest BCUT2D eigenvalue weighted by Crippen LogP contribution is -2.24. The molecular weight excluding hydrogens is 389 g/mol. The highest BCUT2D eigenvalue weighted by molar-refractivity contribution is 6.32. The second-order valence-electron chi connectivity index (χ2n) is 5.44. The van der Waals surface area contributed by atoms with E-state index >= 15 is 0 Å². The quantitative estimate of drug-likeness (QED) is 0.382. The Morgan fingerprint density at radius 3 is 2.81 bits per heavy atom. The van der Waals surface area contributed by atoms with Crippen LogP contribution in [-0.2, 0) is 4.79 Å². The molecule has 6 nitrogen and oxygen atoms in total. The Hall–Kier alpha value is -2.83. The fourth-order valence-electron chi connectivity index (χ4n) is 2.28. The number of para-hydroxylation sites is 1. The first-order valence-corrected chi connectivity index (χ1v) is 8.66. The SMILES string of the molecule is COc1ccc2nc(Cl)c(/C=N\NC(=O)COc3ccccc3Cl)cc2c1. The number of rotatable bonds is 6. The molecule has 0 saturated heterocycles. The van der Waals surface area contributed by atoms with Crippen LogP contribution in [0.4, 0.5) is 0 Å². The van der Waals surface area contributed by atoms with E-state index in [1.54, 1.807) is 37.4 Å². The monoisotopic (exact) mass is 403 g/mol. The van der Waals surface area contributed by atoms with Crippen LogP contribution in [0.1, 0.15) is 5.56 Å². The standard InChI is InChI=1S/C19H15Cl2N3O3/c1-26-14-6-7-16-12(9-14)8-13(19(21)23-16)10-22-24-18(25)11-27-17-5-3-2-4-15(17)20/h2-10H,11H2,1H3,(H,24,25)/b22-10-. The van der Waals surface area contributed by atoms with Gasteiger partial charge < -0.3 is 9.47 Å². The van der Waals surface area contributed by atoms with Gasteiger partial charge in [0, 0.05) is 10.9 Å². The highest BCUT2D eigenvalue weighted by atomic mass is 35.5. The topological polar surface area (TPSA) is 72.8 Å². The van der Waals surface area contributed by atoms with E-state index in [0.29, 0.717) is 22.1 Å². The number of methoxy groups -OCH3 is 1. The first kappa shape index (κ1) is 18.9. The fraction of sp³-hybridized carbons (Fsp3) is 0.105. The molecule has 3 rings (SSSR count). The smallest absolute Gasteiger partial charge is 0.277 e. The molecule has 0 aliphatic rings. The van der Waals surface area contributed by atoms with E-state index in [2.05, 4.69) is 15.5 Å². The molecule has 0 saturated carbocycles. The summed E-state index contributed by atoms with van der Waals surface area (Å²) in [5.41, 5.74) is 3.66. The molecule has 0 aliphatic carbocycles. The minimum Gasteiger partial charge on any atom is -0.497 e. The van der Waals surface area contributed by atoms with Crippen molar-refractivity contribution in [3.8, 4) is 11.5 Å². The normalized spacial score (nSPS) is 10.9. The zero-order valence-electron chi connectivity index (χ0n) is 14.3. The van der Waals surface area contributed by atoms with Crippen molar-refractivity contribution in [2.24, 2.45) is 5.10 Å². The first-order valence-electron chi connectivity index (χ1n) is 7.90. The van der Waals surface area contributed by atoms with Gasteiger partial charge >= 0.3 is 0 Å². The number of benzene rings is 2. The molecule has 138 valence electrons. The second kappa shape index (κ2) is 8.70. The second-order valence-corrected chi connectivity index (χ2v) is 6.20. The van der Waals surface area contributed by atoms with Crippen molar-refractivity contribution in [2.45, 2.75) is 0 Å². The number of hydrazone groups is 1. The molecule has 0 bridgehead atoms. The van der Waals surface area contributed by atoms with Gasteiger partial charge in [0.1, 0.15) is 16.7 Å². The molecule has 0 aliphatic heterocycles. The van der Waals surface area contributed by atoms with Crippen LogP contribution in [0, 0.1) is 0 Å². The molecule has 1 amide bonds. The number of ether oxygens (including phenoxy) is 2. The number of aromatic nitrogens is 1. The molecule has 0 unspecified atom stereocenters. The van der Waals surface area contributed by atoms with E-state index in [1.165, 1.54) is 6.21 Å². The minimum atomic E-state index is -0.433. The van der Waals surface area contributed by atoms with Crippen molar-refractivity contribution in [1.29, 1.82) is 0 Å². The molecule has 1 N–H and O–H groups in total. The van der Waals surface area contributed by atoms with Gasteiger partial charge in [0.05, 0.1) is 23.9 Å². The summed E-state index contributed by atoms with van der Waals surface area (Å²) in [6.07, 6.45) is 1.42. The largest absolute Gasteiger partial charge is 0.497 e. The highest BCUT2D eigenvalue weighted by Crippen LogP contribution is 2.24. The molecule has 8 heteroatoms. The molecule has 27 heavy (non-hydrogen) atoms. The zero-order valence-corrected chi connectivity index (χ0v) is 15.8. The third-order valence-electron chi connectivity index (χ3n) is 3.59. The lowest BCUT2D eigenvalue weighted by molar-refractivity contribution is -0.123. The number of hydrogen-bond acceptors (Lipinski definition) is 5. The van der Waals surface area contributed by atoms with E-state index in [4.69, 9.17) is 32.7 Å². The average Bonchev–Trinajstić information content (AvgIpc) is 2.67. The minimum absolute atomic E-state index is 0.220. The number of carbonyl (C=O) groups is 1. The van der Waals surface area contributed by atoms with Gasteiger partial charge in [0.15, 0.2) is 6.61 Å². The lowest BCUT2D eigenvalue weighted by Gasteiger charge is -2.06. The van der Waals surface area contributed by atoms with Gasteiger partial charge in [-0.25, -0.2) is 10.4 Å². The van der Waals surface area contributed by atoms with Crippen LogP contribution in [0.3, 0.4) is 0 Å². The number of nitrogens with one attached hydrogen (secondary N) is 1. The van der Waals surface area contributed by atoms with Crippen molar-refractivity contribution in [1.82, 2.24) is 10.4 Å². The van der Waals surface area contributed by atoms with Gasteiger partial charge in [0.25, 0.3) is 5.91 Å². The summed E-state index contributed by atoms with van der Waals surface area (Å²) in [5.74, 6) is 0.700. The Labute approximate surface area is 165 Å². The van der Waals surface area contributed by atoms with Crippen molar-refractivity contribution < 1.29 is 14.3 Å². The van der Waals surface area contributed by atoms with E-state index in [-0.39, 0.29) is 11.8 Å². The van der Waals surface area contributed by atoms with E-state index < -0.39 is 5.91 Å². The number of hydrogen-bond donors (Lipinski definition) is 1. The predicted octanol–water partition coefficient (Wildman–Crippen LogP) is 4.08.